The molecule has 0 unspecified atom stereocenters. The van der Waals surface area contributed by atoms with Crippen molar-refractivity contribution in [3.05, 3.63) is 48.3 Å². The smallest absolute Gasteiger partial charge is 0.122 e. The summed E-state index contributed by atoms with van der Waals surface area (Å²) >= 11 is 0. The Hall–Kier alpha value is -2.10. The third kappa shape index (κ3) is 1.48. The second-order valence-electron chi connectivity index (χ2n) is 3.59. The lowest BCUT2D eigenvalue weighted by molar-refractivity contribution is 0.174. The summed E-state index contributed by atoms with van der Waals surface area (Å²) in [5.41, 5.74) is 3.00. The fourth-order valence-corrected chi connectivity index (χ4v) is 1.78. The van der Waals surface area contributed by atoms with Gasteiger partial charge in [-0.3, -0.25) is 0 Å². The number of hydrogen-bond acceptors (Lipinski definition) is 3. The molecule has 1 aromatic carbocycles. The van der Waals surface area contributed by atoms with Crippen molar-refractivity contribution in [2.24, 2.45) is 5.16 Å². The Morgan fingerprint density at radius 1 is 1.12 bits per heavy atom. The van der Waals surface area contributed by atoms with E-state index in [0.717, 1.165) is 23.5 Å². The van der Waals surface area contributed by atoms with Crippen LogP contribution in [0.15, 0.2) is 47.8 Å². The number of oxime groups is 1. The SMILES string of the molecule is c1ccc(-n2nccc2C2=NOCC2)cc1. The minimum absolute atomic E-state index is 0.662. The molecule has 0 atom stereocenters. The summed E-state index contributed by atoms with van der Waals surface area (Å²) in [7, 11) is 0. The molecule has 3 rings (SSSR count). The molecule has 16 heavy (non-hydrogen) atoms. The number of nitrogens with zero attached hydrogens (tertiary/aromatic N) is 3. The highest BCUT2D eigenvalue weighted by molar-refractivity contribution is 5.99. The van der Waals surface area contributed by atoms with Crippen LogP contribution in [0, 0.1) is 0 Å². The lowest BCUT2D eigenvalue weighted by Gasteiger charge is -2.05. The number of hydrogen-bond donors (Lipinski definition) is 0. The minimum atomic E-state index is 0.662. The Kier molecular flexibility index (Phi) is 2.18. The second-order valence-corrected chi connectivity index (χ2v) is 3.59. The molecule has 0 saturated heterocycles. The normalized spacial score (nSPS) is 14.6. The Labute approximate surface area is 93.1 Å². The van der Waals surface area contributed by atoms with E-state index in [1.165, 1.54) is 0 Å². The maximum Gasteiger partial charge on any atom is 0.122 e. The van der Waals surface area contributed by atoms with Gasteiger partial charge in [0.2, 0.25) is 0 Å². The average Bonchev–Trinajstić information content (AvgIpc) is 3.01. The number of para-hydroxylation sites is 1. The van der Waals surface area contributed by atoms with Crippen LogP contribution in [0.2, 0.25) is 0 Å². The molecule has 4 heteroatoms. The molecule has 0 bridgehead atoms. The summed E-state index contributed by atoms with van der Waals surface area (Å²) in [6.07, 6.45) is 2.63. The van der Waals surface area contributed by atoms with Crippen molar-refractivity contribution in [2.75, 3.05) is 6.61 Å². The summed E-state index contributed by atoms with van der Waals surface area (Å²) in [6.45, 7) is 0.662. The maximum absolute atomic E-state index is 5.02. The highest BCUT2D eigenvalue weighted by Gasteiger charge is 2.15. The zero-order valence-corrected chi connectivity index (χ0v) is 8.71. The van der Waals surface area contributed by atoms with Crippen molar-refractivity contribution in [3.63, 3.8) is 0 Å². The van der Waals surface area contributed by atoms with Gasteiger partial charge in [0.1, 0.15) is 12.3 Å². The van der Waals surface area contributed by atoms with Gasteiger partial charge in [0.15, 0.2) is 0 Å². The molecule has 80 valence electrons. The third-order valence-corrected chi connectivity index (χ3v) is 2.54. The first-order valence-corrected chi connectivity index (χ1v) is 5.24. The monoisotopic (exact) mass is 213 g/mol. The lowest BCUT2D eigenvalue weighted by Crippen LogP contribution is -2.07. The van der Waals surface area contributed by atoms with E-state index >= 15 is 0 Å². The number of benzene rings is 1. The van der Waals surface area contributed by atoms with Crippen molar-refractivity contribution in [1.29, 1.82) is 0 Å². The van der Waals surface area contributed by atoms with E-state index in [-0.39, 0.29) is 0 Å². The molecule has 0 amide bonds. The largest absolute Gasteiger partial charge is 0.395 e. The predicted octanol–water partition coefficient (Wildman–Crippen LogP) is 2.00. The second kappa shape index (κ2) is 3.81. The first kappa shape index (κ1) is 9.15. The van der Waals surface area contributed by atoms with Gasteiger partial charge in [0.25, 0.3) is 0 Å². The van der Waals surface area contributed by atoms with E-state index < -0.39 is 0 Å². The summed E-state index contributed by atoms with van der Waals surface area (Å²) < 4.78 is 1.88. The molecule has 0 fully saturated rings. The van der Waals surface area contributed by atoms with E-state index in [4.69, 9.17) is 4.84 Å². The Morgan fingerprint density at radius 2 is 2.00 bits per heavy atom. The summed E-state index contributed by atoms with van der Waals surface area (Å²) in [4.78, 5) is 5.02. The van der Waals surface area contributed by atoms with E-state index in [1.54, 1.807) is 6.20 Å². The van der Waals surface area contributed by atoms with Crippen LogP contribution in [0.3, 0.4) is 0 Å². The molecule has 2 heterocycles. The molecular weight excluding hydrogens is 202 g/mol. The van der Waals surface area contributed by atoms with Gasteiger partial charge in [-0.15, -0.1) is 0 Å². The molecular formula is C12H11N3O. The zero-order chi connectivity index (χ0) is 10.8. The molecule has 0 radical (unpaired) electrons. The molecule has 0 spiro atoms. The van der Waals surface area contributed by atoms with Gasteiger partial charge in [0, 0.05) is 6.42 Å². The maximum atomic E-state index is 5.02. The summed E-state index contributed by atoms with van der Waals surface area (Å²) in [6, 6.07) is 12.0. The Balaban J connectivity index is 2.06. The third-order valence-electron chi connectivity index (χ3n) is 2.54. The molecule has 0 saturated carbocycles. The number of rotatable bonds is 2. The first-order valence-electron chi connectivity index (χ1n) is 5.24. The first-order chi connectivity index (χ1) is 7.95. The highest BCUT2D eigenvalue weighted by atomic mass is 16.6. The van der Waals surface area contributed by atoms with Crippen molar-refractivity contribution in [2.45, 2.75) is 6.42 Å². The van der Waals surface area contributed by atoms with Gasteiger partial charge < -0.3 is 4.84 Å². The predicted molar refractivity (Wildman–Crippen MR) is 60.7 cm³/mol. The van der Waals surface area contributed by atoms with E-state index in [9.17, 15) is 0 Å². The topological polar surface area (TPSA) is 39.4 Å². The fourth-order valence-electron chi connectivity index (χ4n) is 1.78. The van der Waals surface area contributed by atoms with Crippen LogP contribution >= 0.6 is 0 Å². The van der Waals surface area contributed by atoms with Gasteiger partial charge in [-0.2, -0.15) is 5.10 Å². The van der Waals surface area contributed by atoms with Gasteiger partial charge in [-0.25, -0.2) is 4.68 Å². The van der Waals surface area contributed by atoms with Crippen LogP contribution < -0.4 is 0 Å². The van der Waals surface area contributed by atoms with Gasteiger partial charge in [-0.05, 0) is 18.2 Å². The van der Waals surface area contributed by atoms with E-state index in [0.29, 0.717) is 6.61 Å². The molecule has 1 aromatic heterocycles. The van der Waals surface area contributed by atoms with Gasteiger partial charge >= 0.3 is 0 Å². The van der Waals surface area contributed by atoms with Crippen molar-refractivity contribution < 1.29 is 4.84 Å². The van der Waals surface area contributed by atoms with E-state index in [2.05, 4.69) is 10.3 Å². The van der Waals surface area contributed by atoms with Crippen LogP contribution in [0.5, 0.6) is 0 Å². The van der Waals surface area contributed by atoms with Crippen LogP contribution in [0.4, 0.5) is 0 Å². The molecule has 4 nitrogen and oxygen atoms in total. The molecule has 0 aliphatic carbocycles. The van der Waals surface area contributed by atoms with Crippen molar-refractivity contribution in [1.82, 2.24) is 9.78 Å². The van der Waals surface area contributed by atoms with Crippen molar-refractivity contribution in [3.8, 4) is 5.69 Å². The zero-order valence-electron chi connectivity index (χ0n) is 8.71. The minimum Gasteiger partial charge on any atom is -0.395 e. The molecule has 1 aliphatic heterocycles. The van der Waals surface area contributed by atoms with Crippen molar-refractivity contribution >= 4 is 5.71 Å². The van der Waals surface area contributed by atoms with E-state index in [1.807, 2.05) is 41.1 Å². The van der Waals surface area contributed by atoms with Crippen LogP contribution in [-0.2, 0) is 4.84 Å². The fraction of sp³-hybridized carbons (Fsp3) is 0.167. The van der Waals surface area contributed by atoms with Gasteiger partial charge in [-0.1, -0.05) is 23.4 Å². The Morgan fingerprint density at radius 3 is 2.75 bits per heavy atom. The standard InChI is InChI=1S/C12H11N3O/c1-2-4-10(5-3-1)15-12(6-8-13-15)11-7-9-16-14-11/h1-6,8H,7,9H2. The number of aromatic nitrogens is 2. The Bertz CT molecular complexity index is 516. The van der Waals surface area contributed by atoms with Crippen LogP contribution in [0.1, 0.15) is 12.1 Å². The molecule has 1 aliphatic rings. The highest BCUT2D eigenvalue weighted by Crippen LogP contribution is 2.15. The van der Waals surface area contributed by atoms with Gasteiger partial charge in [0.05, 0.1) is 17.6 Å². The van der Waals surface area contributed by atoms with Crippen LogP contribution in [-0.4, -0.2) is 22.1 Å². The average molecular weight is 213 g/mol. The molecule has 0 N–H and O–H groups in total. The quantitative estimate of drug-likeness (QED) is 0.765. The van der Waals surface area contributed by atoms with Crippen LogP contribution in [0.25, 0.3) is 5.69 Å². The lowest BCUT2D eigenvalue weighted by atomic mass is 10.2. The summed E-state index contributed by atoms with van der Waals surface area (Å²) in [5, 5.41) is 8.33. The summed E-state index contributed by atoms with van der Waals surface area (Å²) in [5.74, 6) is 0. The molecule has 2 aromatic rings.